The molecule has 0 spiro atoms. The molecule has 7 nitrogen and oxygen atoms in total. The smallest absolute Gasteiger partial charge is 0.417 e. The molecule has 168 valence electrons. The van der Waals surface area contributed by atoms with E-state index in [0.29, 0.717) is 29.5 Å². The number of alkyl halides is 3. The van der Waals surface area contributed by atoms with Crippen LogP contribution in [0.1, 0.15) is 41.5 Å². The molecular formula is C22H22F3N5O2. The molecule has 0 aromatic carbocycles. The van der Waals surface area contributed by atoms with Crippen LogP contribution in [0, 0.1) is 6.92 Å². The van der Waals surface area contributed by atoms with Gasteiger partial charge < -0.3 is 14.6 Å². The van der Waals surface area contributed by atoms with Crippen LogP contribution in [0.2, 0.25) is 0 Å². The normalized spacial score (nSPS) is 19.1. The number of piperidine rings is 1. The molecule has 1 amide bonds. The first-order chi connectivity index (χ1) is 15.2. The van der Waals surface area contributed by atoms with Crippen LogP contribution in [0.15, 0.2) is 47.3 Å². The highest BCUT2D eigenvalue weighted by molar-refractivity contribution is 5.98. The van der Waals surface area contributed by atoms with Crippen LogP contribution in [-0.2, 0) is 6.18 Å². The van der Waals surface area contributed by atoms with Crippen LogP contribution in [-0.4, -0.2) is 44.4 Å². The molecule has 1 N–H and O–H groups in total. The van der Waals surface area contributed by atoms with E-state index in [1.54, 1.807) is 24.0 Å². The molecule has 0 saturated carbocycles. The number of hydrogen-bond donors (Lipinski definition) is 1. The summed E-state index contributed by atoms with van der Waals surface area (Å²) in [5.41, 5.74) is 0.656. The number of rotatable bonds is 4. The minimum Gasteiger partial charge on any atom is -0.444 e. The van der Waals surface area contributed by atoms with Crippen molar-refractivity contribution in [1.82, 2.24) is 19.9 Å². The van der Waals surface area contributed by atoms with Gasteiger partial charge in [0.25, 0.3) is 5.91 Å². The van der Waals surface area contributed by atoms with Gasteiger partial charge in [-0.1, -0.05) is 0 Å². The first kappa shape index (κ1) is 21.8. The molecule has 1 fully saturated rings. The van der Waals surface area contributed by atoms with Crippen LogP contribution < -0.4 is 5.32 Å². The van der Waals surface area contributed by atoms with Crippen LogP contribution in [0.25, 0.3) is 11.5 Å². The Balaban J connectivity index is 1.54. The predicted octanol–water partition coefficient (Wildman–Crippen LogP) is 4.56. The fourth-order valence-corrected chi connectivity index (χ4v) is 3.84. The maximum Gasteiger partial charge on any atom is 0.417 e. The van der Waals surface area contributed by atoms with Gasteiger partial charge in [0.2, 0.25) is 5.89 Å². The van der Waals surface area contributed by atoms with Gasteiger partial charge >= 0.3 is 6.18 Å². The summed E-state index contributed by atoms with van der Waals surface area (Å²) in [7, 11) is 0. The maximum atomic E-state index is 13.5. The molecule has 2 unspecified atom stereocenters. The molecule has 4 heterocycles. The minimum absolute atomic E-state index is 0.174. The Bertz CT molecular complexity index is 1080. The average Bonchev–Trinajstić information content (AvgIpc) is 3.29. The zero-order chi connectivity index (χ0) is 22.9. The second kappa shape index (κ2) is 8.60. The maximum absolute atomic E-state index is 13.5. The van der Waals surface area contributed by atoms with Crippen molar-refractivity contribution >= 4 is 11.7 Å². The van der Waals surface area contributed by atoms with Crippen LogP contribution in [0.4, 0.5) is 19.0 Å². The lowest BCUT2D eigenvalue weighted by molar-refractivity contribution is -0.137. The number of carbonyl (C=O) groups is 1. The lowest BCUT2D eigenvalue weighted by Gasteiger charge is -2.40. The number of oxazole rings is 1. The summed E-state index contributed by atoms with van der Waals surface area (Å²) in [6.45, 7) is 4.25. The molecule has 3 aromatic heterocycles. The third-order valence-electron chi connectivity index (χ3n) is 5.57. The Labute approximate surface area is 182 Å². The third-order valence-corrected chi connectivity index (χ3v) is 5.57. The van der Waals surface area contributed by atoms with E-state index in [4.69, 9.17) is 4.42 Å². The Kier molecular flexibility index (Phi) is 5.86. The van der Waals surface area contributed by atoms with Crippen LogP contribution >= 0.6 is 0 Å². The number of likely N-dealkylation sites (tertiary alicyclic amines) is 1. The van der Waals surface area contributed by atoms with Gasteiger partial charge in [0, 0.05) is 30.5 Å². The summed E-state index contributed by atoms with van der Waals surface area (Å²) in [5, 5.41) is 3.18. The van der Waals surface area contributed by atoms with E-state index in [9.17, 15) is 18.0 Å². The second-order valence-corrected chi connectivity index (χ2v) is 7.75. The summed E-state index contributed by atoms with van der Waals surface area (Å²) in [6, 6.07) is 5.44. The fourth-order valence-electron chi connectivity index (χ4n) is 3.84. The van der Waals surface area contributed by atoms with Crippen molar-refractivity contribution in [1.29, 1.82) is 0 Å². The Morgan fingerprint density at radius 1 is 1.22 bits per heavy atom. The quantitative estimate of drug-likeness (QED) is 0.634. The van der Waals surface area contributed by atoms with Gasteiger partial charge in [0.15, 0.2) is 0 Å². The van der Waals surface area contributed by atoms with E-state index in [1.165, 1.54) is 18.5 Å². The lowest BCUT2D eigenvalue weighted by atomic mass is 9.96. The van der Waals surface area contributed by atoms with E-state index >= 15 is 0 Å². The first-order valence-corrected chi connectivity index (χ1v) is 10.2. The van der Waals surface area contributed by atoms with E-state index < -0.39 is 11.7 Å². The summed E-state index contributed by atoms with van der Waals surface area (Å²) in [6.07, 6.45) is 0.788. The molecule has 0 aliphatic carbocycles. The molecule has 4 rings (SSSR count). The molecule has 0 radical (unpaired) electrons. The van der Waals surface area contributed by atoms with Crippen molar-refractivity contribution in [3.8, 4) is 11.5 Å². The predicted molar refractivity (Wildman–Crippen MR) is 111 cm³/mol. The standard InChI is InChI=1S/C22H22F3N5O2/c1-13-5-7-16(20-26-9-11-32-20)19(28-13)21(31)30-10-3-4-17(14(30)2)29-18-8-6-15(12-27-18)22(23,24)25/h5-9,11-12,14,17H,3-4,10H2,1-2H3,(H,27,29). The number of aryl methyl sites for hydroxylation is 1. The number of anilines is 1. The molecule has 2 atom stereocenters. The van der Waals surface area contributed by atoms with Crippen molar-refractivity contribution in [3.05, 3.63) is 59.9 Å². The first-order valence-electron chi connectivity index (χ1n) is 10.2. The SMILES string of the molecule is Cc1ccc(-c2ncco2)c(C(=O)N2CCCC(Nc3ccc(C(F)(F)F)cn3)C2C)n1. The van der Waals surface area contributed by atoms with Gasteiger partial charge in [-0.3, -0.25) is 4.79 Å². The molecule has 10 heteroatoms. The fraction of sp³-hybridized carbons (Fsp3) is 0.364. The van der Waals surface area contributed by atoms with Crippen molar-refractivity contribution in [2.24, 2.45) is 0 Å². The third kappa shape index (κ3) is 4.44. The highest BCUT2D eigenvalue weighted by Crippen LogP contribution is 2.30. The van der Waals surface area contributed by atoms with Crippen LogP contribution in [0.3, 0.4) is 0 Å². The number of carbonyl (C=O) groups excluding carboxylic acids is 1. The largest absolute Gasteiger partial charge is 0.444 e. The van der Waals surface area contributed by atoms with Gasteiger partial charge in [-0.05, 0) is 51.0 Å². The van der Waals surface area contributed by atoms with Crippen molar-refractivity contribution in [2.45, 2.75) is 44.9 Å². The Morgan fingerprint density at radius 2 is 2.03 bits per heavy atom. The Hall–Kier alpha value is -3.43. The lowest BCUT2D eigenvalue weighted by Crippen LogP contribution is -2.52. The monoisotopic (exact) mass is 445 g/mol. The van der Waals surface area contributed by atoms with Crippen molar-refractivity contribution in [3.63, 3.8) is 0 Å². The van der Waals surface area contributed by atoms with Crippen molar-refractivity contribution in [2.75, 3.05) is 11.9 Å². The highest BCUT2D eigenvalue weighted by Gasteiger charge is 2.34. The average molecular weight is 445 g/mol. The summed E-state index contributed by atoms with van der Waals surface area (Å²) >= 11 is 0. The number of halogens is 3. The molecule has 1 saturated heterocycles. The number of pyridine rings is 2. The summed E-state index contributed by atoms with van der Waals surface area (Å²) in [5.74, 6) is 0.397. The number of nitrogens with zero attached hydrogens (tertiary/aromatic N) is 4. The molecule has 1 aliphatic rings. The topological polar surface area (TPSA) is 84.2 Å². The number of nitrogens with one attached hydrogen (secondary N) is 1. The van der Waals surface area contributed by atoms with E-state index in [0.717, 1.165) is 25.1 Å². The molecule has 3 aromatic rings. The zero-order valence-electron chi connectivity index (χ0n) is 17.6. The molecule has 32 heavy (non-hydrogen) atoms. The van der Waals surface area contributed by atoms with Crippen molar-refractivity contribution < 1.29 is 22.4 Å². The summed E-state index contributed by atoms with van der Waals surface area (Å²) in [4.78, 5) is 27.7. The van der Waals surface area contributed by atoms with E-state index in [-0.39, 0.29) is 23.7 Å². The highest BCUT2D eigenvalue weighted by atomic mass is 19.4. The van der Waals surface area contributed by atoms with Gasteiger partial charge in [0.1, 0.15) is 17.8 Å². The van der Waals surface area contributed by atoms with Gasteiger partial charge in [0.05, 0.1) is 17.3 Å². The summed E-state index contributed by atoms with van der Waals surface area (Å²) < 4.78 is 43.7. The number of amides is 1. The molecule has 0 bridgehead atoms. The second-order valence-electron chi connectivity index (χ2n) is 7.75. The van der Waals surface area contributed by atoms with E-state index in [1.807, 2.05) is 6.92 Å². The van der Waals surface area contributed by atoms with Crippen LogP contribution in [0.5, 0.6) is 0 Å². The number of aromatic nitrogens is 3. The van der Waals surface area contributed by atoms with Gasteiger partial charge in [-0.15, -0.1) is 0 Å². The van der Waals surface area contributed by atoms with Gasteiger partial charge in [-0.2, -0.15) is 13.2 Å². The zero-order valence-corrected chi connectivity index (χ0v) is 17.6. The number of hydrogen-bond acceptors (Lipinski definition) is 6. The minimum atomic E-state index is -4.44. The van der Waals surface area contributed by atoms with Gasteiger partial charge in [-0.25, -0.2) is 15.0 Å². The molecular weight excluding hydrogens is 423 g/mol. The van der Waals surface area contributed by atoms with E-state index in [2.05, 4.69) is 20.3 Å². The Morgan fingerprint density at radius 3 is 2.69 bits per heavy atom. The molecule has 1 aliphatic heterocycles.